The van der Waals surface area contributed by atoms with E-state index in [1.54, 1.807) is 20.5 Å². The first kappa shape index (κ1) is 9.96. The molecule has 3 aromatic rings. The van der Waals surface area contributed by atoms with Crippen molar-refractivity contribution in [3.63, 3.8) is 0 Å². The van der Waals surface area contributed by atoms with E-state index in [1.807, 2.05) is 35.0 Å². The molecule has 0 N–H and O–H groups in total. The Kier molecular flexibility index (Phi) is 2.14. The number of benzene rings is 1. The molecular weight excluding hydrogens is 216 g/mol. The molecule has 0 atom stereocenters. The van der Waals surface area contributed by atoms with Gasteiger partial charge in [0, 0.05) is 11.6 Å². The summed E-state index contributed by atoms with van der Waals surface area (Å²) in [6.07, 6.45) is 5.61. The molecule has 17 heavy (non-hydrogen) atoms. The Morgan fingerprint density at radius 3 is 2.65 bits per heavy atom. The Morgan fingerprint density at radius 2 is 1.88 bits per heavy atom. The molecule has 0 saturated carbocycles. The largest absolute Gasteiger partial charge is 0.493 e. The third-order valence-corrected chi connectivity index (χ3v) is 2.91. The molecule has 0 aliphatic rings. The number of nitrogens with zero attached hydrogens (tertiary/aromatic N) is 2. The predicted octanol–water partition coefficient (Wildman–Crippen LogP) is 2.50. The molecule has 4 nitrogen and oxygen atoms in total. The summed E-state index contributed by atoms with van der Waals surface area (Å²) < 4.78 is 12.6. The van der Waals surface area contributed by atoms with Gasteiger partial charge in [0.05, 0.1) is 32.3 Å². The minimum absolute atomic E-state index is 0.731. The van der Waals surface area contributed by atoms with E-state index in [9.17, 15) is 0 Å². The van der Waals surface area contributed by atoms with Crippen LogP contribution in [0.3, 0.4) is 0 Å². The van der Waals surface area contributed by atoms with Crippen LogP contribution in [0.2, 0.25) is 0 Å². The van der Waals surface area contributed by atoms with Gasteiger partial charge in [-0.15, -0.1) is 0 Å². The lowest BCUT2D eigenvalue weighted by molar-refractivity contribution is 0.356. The second kappa shape index (κ2) is 3.66. The van der Waals surface area contributed by atoms with Crippen LogP contribution in [0.25, 0.3) is 16.3 Å². The van der Waals surface area contributed by atoms with Gasteiger partial charge in [-0.2, -0.15) is 0 Å². The van der Waals surface area contributed by atoms with Gasteiger partial charge >= 0.3 is 0 Å². The van der Waals surface area contributed by atoms with Gasteiger partial charge in [-0.3, -0.25) is 0 Å². The fourth-order valence-corrected chi connectivity index (χ4v) is 2.05. The molecule has 2 aromatic heterocycles. The van der Waals surface area contributed by atoms with Crippen molar-refractivity contribution >= 4 is 16.3 Å². The van der Waals surface area contributed by atoms with Gasteiger partial charge in [0.2, 0.25) is 0 Å². The van der Waals surface area contributed by atoms with Crippen LogP contribution < -0.4 is 9.47 Å². The summed E-state index contributed by atoms with van der Waals surface area (Å²) >= 11 is 0. The van der Waals surface area contributed by atoms with Crippen molar-refractivity contribution < 1.29 is 9.47 Å². The number of ether oxygens (including phenoxy) is 2. The van der Waals surface area contributed by atoms with E-state index in [1.165, 1.54) is 0 Å². The second-order valence-corrected chi connectivity index (χ2v) is 3.80. The second-order valence-electron chi connectivity index (χ2n) is 3.80. The highest BCUT2D eigenvalue weighted by Gasteiger charge is 2.08. The van der Waals surface area contributed by atoms with Crippen LogP contribution in [0.15, 0.2) is 36.9 Å². The molecule has 0 amide bonds. The molecule has 0 spiro atoms. The number of aromatic nitrogens is 2. The average molecular weight is 228 g/mol. The fourth-order valence-electron chi connectivity index (χ4n) is 2.05. The molecule has 2 heterocycles. The first-order chi connectivity index (χ1) is 8.33. The van der Waals surface area contributed by atoms with E-state index in [2.05, 4.69) is 4.98 Å². The molecule has 0 aliphatic carbocycles. The standard InChI is InChI=1S/C13H12N2O2/c1-16-12-5-9-3-4-15-8-14-7-11(15)10(9)6-13(12)17-2/h3-8H,1-2H3. The number of imidazole rings is 1. The molecule has 3 rings (SSSR count). The minimum atomic E-state index is 0.731. The molecule has 0 unspecified atom stereocenters. The molecule has 86 valence electrons. The summed E-state index contributed by atoms with van der Waals surface area (Å²) in [5.74, 6) is 1.47. The topological polar surface area (TPSA) is 35.8 Å². The summed E-state index contributed by atoms with van der Waals surface area (Å²) in [6, 6.07) is 5.98. The molecule has 0 radical (unpaired) electrons. The van der Waals surface area contributed by atoms with Gasteiger partial charge in [-0.05, 0) is 23.6 Å². The van der Waals surface area contributed by atoms with Gasteiger partial charge in [0.25, 0.3) is 0 Å². The highest BCUT2D eigenvalue weighted by molar-refractivity contribution is 5.97. The van der Waals surface area contributed by atoms with Gasteiger partial charge in [0.15, 0.2) is 11.5 Å². The highest BCUT2D eigenvalue weighted by atomic mass is 16.5. The number of fused-ring (bicyclic) bond motifs is 3. The fraction of sp³-hybridized carbons (Fsp3) is 0.154. The summed E-state index contributed by atoms with van der Waals surface area (Å²) in [4.78, 5) is 4.14. The molecule has 0 aliphatic heterocycles. The predicted molar refractivity (Wildman–Crippen MR) is 65.8 cm³/mol. The van der Waals surface area contributed by atoms with Gasteiger partial charge in [-0.1, -0.05) is 0 Å². The number of pyridine rings is 1. The molecule has 0 bridgehead atoms. The van der Waals surface area contributed by atoms with Crippen LogP contribution in [-0.2, 0) is 0 Å². The van der Waals surface area contributed by atoms with Crippen molar-refractivity contribution in [2.24, 2.45) is 0 Å². The monoisotopic (exact) mass is 228 g/mol. The number of hydrogen-bond donors (Lipinski definition) is 0. The Balaban J connectivity index is 2.42. The van der Waals surface area contributed by atoms with Crippen LogP contribution in [0.1, 0.15) is 0 Å². The average Bonchev–Trinajstić information content (AvgIpc) is 2.85. The van der Waals surface area contributed by atoms with E-state index < -0.39 is 0 Å². The van der Waals surface area contributed by atoms with Crippen molar-refractivity contribution in [2.75, 3.05) is 14.2 Å². The maximum absolute atomic E-state index is 5.32. The summed E-state index contributed by atoms with van der Waals surface area (Å²) in [5.41, 5.74) is 1.06. The molecule has 0 fully saturated rings. The summed E-state index contributed by atoms with van der Waals surface area (Å²) in [5, 5.41) is 2.21. The first-order valence-corrected chi connectivity index (χ1v) is 5.30. The lowest BCUT2D eigenvalue weighted by atomic mass is 10.1. The zero-order chi connectivity index (χ0) is 11.8. The SMILES string of the molecule is COc1cc2ccn3cncc3c2cc1OC. The van der Waals surface area contributed by atoms with Crippen molar-refractivity contribution in [3.8, 4) is 11.5 Å². The zero-order valence-corrected chi connectivity index (χ0v) is 9.68. The minimum Gasteiger partial charge on any atom is -0.493 e. The van der Waals surface area contributed by atoms with Crippen LogP contribution in [0.4, 0.5) is 0 Å². The molecule has 0 saturated heterocycles. The van der Waals surface area contributed by atoms with E-state index >= 15 is 0 Å². The third-order valence-electron chi connectivity index (χ3n) is 2.91. The highest BCUT2D eigenvalue weighted by Crippen LogP contribution is 2.33. The Labute approximate surface area is 98.4 Å². The third kappa shape index (κ3) is 1.41. The lowest BCUT2D eigenvalue weighted by Gasteiger charge is -2.09. The van der Waals surface area contributed by atoms with Crippen LogP contribution in [-0.4, -0.2) is 23.6 Å². The lowest BCUT2D eigenvalue weighted by Crippen LogP contribution is -1.91. The van der Waals surface area contributed by atoms with E-state index in [0.717, 1.165) is 27.8 Å². The summed E-state index contributed by atoms with van der Waals surface area (Å²) in [6.45, 7) is 0. The maximum atomic E-state index is 5.32. The van der Waals surface area contributed by atoms with Crippen LogP contribution >= 0.6 is 0 Å². The van der Waals surface area contributed by atoms with Gasteiger partial charge in [-0.25, -0.2) is 4.98 Å². The number of methoxy groups -OCH3 is 2. The number of rotatable bonds is 2. The molecule has 4 heteroatoms. The molecule has 1 aromatic carbocycles. The summed E-state index contributed by atoms with van der Waals surface area (Å²) in [7, 11) is 3.28. The van der Waals surface area contributed by atoms with E-state index in [4.69, 9.17) is 9.47 Å². The number of hydrogen-bond acceptors (Lipinski definition) is 3. The zero-order valence-electron chi connectivity index (χ0n) is 9.68. The van der Waals surface area contributed by atoms with Crippen molar-refractivity contribution in [3.05, 3.63) is 36.9 Å². The van der Waals surface area contributed by atoms with Crippen molar-refractivity contribution in [2.45, 2.75) is 0 Å². The van der Waals surface area contributed by atoms with E-state index in [0.29, 0.717) is 0 Å². The van der Waals surface area contributed by atoms with Gasteiger partial charge < -0.3 is 13.9 Å². The van der Waals surface area contributed by atoms with Gasteiger partial charge in [0.1, 0.15) is 0 Å². The first-order valence-electron chi connectivity index (χ1n) is 5.30. The Hall–Kier alpha value is -2.23. The van der Waals surface area contributed by atoms with Crippen molar-refractivity contribution in [1.82, 2.24) is 9.38 Å². The van der Waals surface area contributed by atoms with Crippen LogP contribution in [0, 0.1) is 0 Å². The normalized spacial score (nSPS) is 10.9. The quantitative estimate of drug-likeness (QED) is 0.676. The molecular formula is C13H12N2O2. The van der Waals surface area contributed by atoms with Crippen molar-refractivity contribution in [1.29, 1.82) is 0 Å². The smallest absolute Gasteiger partial charge is 0.161 e. The Bertz CT molecular complexity index is 688. The van der Waals surface area contributed by atoms with E-state index in [-0.39, 0.29) is 0 Å². The van der Waals surface area contributed by atoms with Crippen LogP contribution in [0.5, 0.6) is 11.5 Å². The maximum Gasteiger partial charge on any atom is 0.161 e. The Morgan fingerprint density at radius 1 is 1.12 bits per heavy atom.